The number of allylic oxidation sites excluding steroid dienone is 1. The first-order chi connectivity index (χ1) is 17.1. The van der Waals surface area contributed by atoms with Crippen molar-refractivity contribution in [2.45, 2.75) is 6.42 Å². The van der Waals surface area contributed by atoms with Crippen molar-refractivity contribution < 1.29 is 19.0 Å². The lowest BCUT2D eigenvalue weighted by atomic mass is 9.97. The average molecular weight is 463 g/mol. The highest BCUT2D eigenvalue weighted by Gasteiger charge is 2.18. The molecular formula is C31H26O4. The van der Waals surface area contributed by atoms with E-state index in [2.05, 4.69) is 24.3 Å². The van der Waals surface area contributed by atoms with Gasteiger partial charge in [0.1, 0.15) is 28.6 Å². The van der Waals surface area contributed by atoms with Crippen LogP contribution in [0.2, 0.25) is 0 Å². The summed E-state index contributed by atoms with van der Waals surface area (Å²) < 4.78 is 16.9. The molecule has 0 bridgehead atoms. The van der Waals surface area contributed by atoms with Gasteiger partial charge < -0.3 is 19.0 Å². The summed E-state index contributed by atoms with van der Waals surface area (Å²) in [6, 6.07) is 29.4. The zero-order valence-corrected chi connectivity index (χ0v) is 19.7. The Hall–Kier alpha value is -4.44. The van der Waals surface area contributed by atoms with Gasteiger partial charge in [0.05, 0.1) is 14.2 Å². The van der Waals surface area contributed by atoms with Gasteiger partial charge in [-0.25, -0.2) is 0 Å². The lowest BCUT2D eigenvalue weighted by Gasteiger charge is -2.06. The van der Waals surface area contributed by atoms with Crippen molar-refractivity contribution in [3.05, 3.63) is 108 Å². The van der Waals surface area contributed by atoms with Gasteiger partial charge >= 0.3 is 0 Å². The molecule has 1 heterocycles. The quantitative estimate of drug-likeness (QED) is 0.269. The van der Waals surface area contributed by atoms with Crippen molar-refractivity contribution in [1.29, 1.82) is 0 Å². The van der Waals surface area contributed by atoms with E-state index in [1.54, 1.807) is 26.4 Å². The second-order valence-corrected chi connectivity index (χ2v) is 8.29. The topological polar surface area (TPSA) is 51.8 Å². The number of phenolic OH excluding ortho intramolecular Hbond substituents is 1. The Morgan fingerprint density at radius 1 is 0.743 bits per heavy atom. The first kappa shape index (κ1) is 22.4. The number of rotatable bonds is 7. The minimum absolute atomic E-state index is 0.224. The van der Waals surface area contributed by atoms with E-state index in [4.69, 9.17) is 13.9 Å². The van der Waals surface area contributed by atoms with Gasteiger partial charge in [-0.05, 0) is 83.8 Å². The third-order valence-electron chi connectivity index (χ3n) is 6.04. The van der Waals surface area contributed by atoms with Crippen molar-refractivity contribution >= 4 is 17.0 Å². The lowest BCUT2D eigenvalue weighted by molar-refractivity contribution is 0.414. The van der Waals surface area contributed by atoms with E-state index in [0.717, 1.165) is 56.9 Å². The third-order valence-corrected chi connectivity index (χ3v) is 6.04. The summed E-state index contributed by atoms with van der Waals surface area (Å²) in [6.07, 6.45) is 5.08. The molecule has 0 aliphatic carbocycles. The van der Waals surface area contributed by atoms with Crippen LogP contribution >= 0.6 is 0 Å². The number of benzene rings is 4. The van der Waals surface area contributed by atoms with Crippen molar-refractivity contribution in [3.8, 4) is 39.7 Å². The van der Waals surface area contributed by atoms with Gasteiger partial charge in [0, 0.05) is 16.5 Å². The van der Waals surface area contributed by atoms with Crippen LogP contribution in [0.3, 0.4) is 0 Å². The minimum atomic E-state index is 0.224. The molecule has 0 fully saturated rings. The molecule has 0 aliphatic heterocycles. The number of hydrogen-bond acceptors (Lipinski definition) is 4. The largest absolute Gasteiger partial charge is 0.508 e. The van der Waals surface area contributed by atoms with Crippen LogP contribution in [0.5, 0.6) is 17.2 Å². The van der Waals surface area contributed by atoms with Crippen LogP contribution in [0.15, 0.2) is 101 Å². The van der Waals surface area contributed by atoms with Crippen LogP contribution in [0.25, 0.3) is 39.5 Å². The maximum absolute atomic E-state index is 9.76. The normalized spacial score (nSPS) is 11.3. The van der Waals surface area contributed by atoms with Crippen LogP contribution in [0.4, 0.5) is 0 Å². The molecule has 0 spiro atoms. The number of methoxy groups -OCH3 is 2. The maximum atomic E-state index is 9.76. The average Bonchev–Trinajstić information content (AvgIpc) is 3.28. The molecule has 1 N–H and O–H groups in total. The van der Waals surface area contributed by atoms with Crippen LogP contribution in [0, 0.1) is 0 Å². The first-order valence-electron chi connectivity index (χ1n) is 11.4. The first-order valence-corrected chi connectivity index (χ1v) is 11.4. The molecule has 4 nitrogen and oxygen atoms in total. The molecule has 0 saturated carbocycles. The van der Waals surface area contributed by atoms with Crippen molar-refractivity contribution in [3.63, 3.8) is 0 Å². The van der Waals surface area contributed by atoms with Crippen molar-refractivity contribution in [1.82, 2.24) is 0 Å². The molecule has 0 unspecified atom stereocenters. The molecule has 35 heavy (non-hydrogen) atoms. The standard InChI is InChI=1S/C31H26O4/c1-33-26-15-6-21(7-16-26)4-3-5-22-8-19-29-28(20-22)30(23-11-17-27(34-2)18-12-23)31(35-29)24-9-13-25(32)14-10-24/h3-4,6-20,32H,5H2,1-2H3/b4-3+. The summed E-state index contributed by atoms with van der Waals surface area (Å²) in [6.45, 7) is 0. The molecular weight excluding hydrogens is 436 g/mol. The minimum Gasteiger partial charge on any atom is -0.508 e. The smallest absolute Gasteiger partial charge is 0.143 e. The van der Waals surface area contributed by atoms with E-state index in [0.29, 0.717) is 0 Å². The Balaban J connectivity index is 1.53. The van der Waals surface area contributed by atoms with Gasteiger partial charge in [-0.15, -0.1) is 0 Å². The molecule has 4 aromatic carbocycles. The molecule has 5 aromatic rings. The molecule has 0 aliphatic rings. The van der Waals surface area contributed by atoms with E-state index >= 15 is 0 Å². The summed E-state index contributed by atoms with van der Waals surface area (Å²) in [7, 11) is 3.33. The van der Waals surface area contributed by atoms with Gasteiger partial charge in [-0.3, -0.25) is 0 Å². The zero-order valence-electron chi connectivity index (χ0n) is 19.7. The molecule has 0 atom stereocenters. The summed E-state index contributed by atoms with van der Waals surface area (Å²) in [4.78, 5) is 0. The SMILES string of the molecule is COc1ccc(/C=C/Cc2ccc3oc(-c4ccc(O)cc4)c(-c4ccc(OC)cc4)c3c2)cc1. The number of aromatic hydroxyl groups is 1. The van der Waals surface area contributed by atoms with E-state index in [1.807, 2.05) is 66.7 Å². The molecule has 0 amide bonds. The third kappa shape index (κ3) is 4.78. The van der Waals surface area contributed by atoms with Crippen LogP contribution in [-0.4, -0.2) is 19.3 Å². The Morgan fingerprint density at radius 2 is 1.37 bits per heavy atom. The molecule has 1 aromatic heterocycles. The van der Waals surface area contributed by atoms with Gasteiger partial charge in [0.2, 0.25) is 0 Å². The lowest BCUT2D eigenvalue weighted by Crippen LogP contribution is -1.85. The predicted octanol–water partition coefficient (Wildman–Crippen LogP) is 7.75. The second-order valence-electron chi connectivity index (χ2n) is 8.29. The summed E-state index contributed by atoms with van der Waals surface area (Å²) in [5, 5.41) is 10.8. The highest BCUT2D eigenvalue weighted by molar-refractivity contribution is 6.02. The fourth-order valence-corrected chi connectivity index (χ4v) is 4.18. The van der Waals surface area contributed by atoms with Gasteiger partial charge in [-0.1, -0.05) is 42.5 Å². The number of furan rings is 1. The Morgan fingerprint density at radius 3 is 2.03 bits per heavy atom. The van der Waals surface area contributed by atoms with Crippen LogP contribution in [0.1, 0.15) is 11.1 Å². The van der Waals surface area contributed by atoms with Crippen molar-refractivity contribution in [2.75, 3.05) is 14.2 Å². The molecule has 0 radical (unpaired) electrons. The Bertz CT molecular complexity index is 1460. The predicted molar refractivity (Wildman–Crippen MR) is 141 cm³/mol. The highest BCUT2D eigenvalue weighted by atomic mass is 16.5. The van der Waals surface area contributed by atoms with Crippen LogP contribution < -0.4 is 9.47 Å². The molecule has 174 valence electrons. The summed E-state index contributed by atoms with van der Waals surface area (Å²) in [5.74, 6) is 2.65. The second kappa shape index (κ2) is 9.82. The summed E-state index contributed by atoms with van der Waals surface area (Å²) in [5.41, 5.74) is 6.11. The molecule has 4 heteroatoms. The highest BCUT2D eigenvalue weighted by Crippen LogP contribution is 2.42. The number of phenols is 1. The van der Waals surface area contributed by atoms with Crippen molar-refractivity contribution in [2.24, 2.45) is 0 Å². The number of fused-ring (bicyclic) bond motifs is 1. The van der Waals surface area contributed by atoms with Gasteiger partial charge in [0.25, 0.3) is 0 Å². The molecule has 5 rings (SSSR count). The van der Waals surface area contributed by atoms with Crippen LogP contribution in [-0.2, 0) is 6.42 Å². The van der Waals surface area contributed by atoms with E-state index in [9.17, 15) is 5.11 Å². The molecule has 0 saturated heterocycles. The Kier molecular flexibility index (Phi) is 6.27. The number of hydrogen-bond donors (Lipinski definition) is 1. The van der Waals surface area contributed by atoms with Gasteiger partial charge in [0.15, 0.2) is 0 Å². The van der Waals surface area contributed by atoms with Gasteiger partial charge in [-0.2, -0.15) is 0 Å². The number of ether oxygens (including phenoxy) is 2. The van der Waals surface area contributed by atoms with E-state index < -0.39 is 0 Å². The fourth-order valence-electron chi connectivity index (χ4n) is 4.18. The van der Waals surface area contributed by atoms with E-state index in [1.165, 1.54) is 5.56 Å². The fraction of sp³-hybridized carbons (Fsp3) is 0.0968. The monoisotopic (exact) mass is 462 g/mol. The zero-order chi connectivity index (χ0) is 24.2. The summed E-state index contributed by atoms with van der Waals surface area (Å²) >= 11 is 0. The van der Waals surface area contributed by atoms with E-state index in [-0.39, 0.29) is 5.75 Å². The maximum Gasteiger partial charge on any atom is 0.143 e. The Labute approximate surface area is 204 Å².